The largest absolute Gasteiger partial charge is 0.324 e. The van der Waals surface area contributed by atoms with Crippen molar-refractivity contribution < 1.29 is 0 Å². The summed E-state index contributed by atoms with van der Waals surface area (Å²) in [4.78, 5) is 10.4. The molecule has 7 aromatic carbocycles. The standard InChI is InChI=1S/C42H29N3/c1-2-45-38-24-10-9-23-37(38)44-42(45)30-16-12-14-28(26-30)27-13-11-15-29(25-27)41-40-34-20-6-4-18-32(34)31-17-3-5-19-33(31)39(40)35-21-7-8-22-36(35)43-41/h3-26H,2H2,1H3. The zero-order valence-corrected chi connectivity index (χ0v) is 24.9. The molecule has 0 unspecified atom stereocenters. The number of rotatable bonds is 4. The number of hydrogen-bond acceptors (Lipinski definition) is 2. The normalized spacial score (nSPS) is 11.8. The predicted octanol–water partition coefficient (Wildman–Crippen LogP) is 11.1. The first-order valence-corrected chi connectivity index (χ1v) is 15.6. The van der Waals surface area contributed by atoms with Crippen molar-refractivity contribution in [2.75, 3.05) is 0 Å². The van der Waals surface area contributed by atoms with Gasteiger partial charge in [0.05, 0.1) is 22.2 Å². The van der Waals surface area contributed by atoms with E-state index in [1.165, 1.54) is 37.7 Å². The molecule has 2 heterocycles. The topological polar surface area (TPSA) is 30.7 Å². The average Bonchev–Trinajstić information content (AvgIpc) is 3.50. The van der Waals surface area contributed by atoms with Gasteiger partial charge < -0.3 is 4.57 Å². The molecule has 0 N–H and O–H groups in total. The van der Waals surface area contributed by atoms with Crippen LogP contribution in [-0.2, 0) is 6.54 Å². The lowest BCUT2D eigenvalue weighted by molar-refractivity contribution is 0.796. The lowest BCUT2D eigenvalue weighted by atomic mass is 9.89. The predicted molar refractivity (Wildman–Crippen MR) is 190 cm³/mol. The maximum absolute atomic E-state index is 5.36. The molecule has 0 radical (unpaired) electrons. The van der Waals surface area contributed by atoms with E-state index in [4.69, 9.17) is 9.97 Å². The molecule has 0 spiro atoms. The van der Waals surface area contributed by atoms with E-state index in [2.05, 4.69) is 157 Å². The summed E-state index contributed by atoms with van der Waals surface area (Å²) >= 11 is 0. The zero-order valence-electron chi connectivity index (χ0n) is 24.9. The Hall–Kier alpha value is -5.80. The first-order chi connectivity index (χ1) is 22.3. The van der Waals surface area contributed by atoms with Crippen LogP contribution in [0.3, 0.4) is 0 Å². The van der Waals surface area contributed by atoms with Crippen molar-refractivity contribution in [2.24, 2.45) is 0 Å². The molecule has 0 fully saturated rings. The summed E-state index contributed by atoms with van der Waals surface area (Å²) < 4.78 is 2.30. The minimum absolute atomic E-state index is 0.860. The first-order valence-electron chi connectivity index (χ1n) is 15.6. The number of para-hydroxylation sites is 3. The second-order valence-corrected chi connectivity index (χ2v) is 11.6. The van der Waals surface area contributed by atoms with Gasteiger partial charge in [-0.25, -0.2) is 9.97 Å². The van der Waals surface area contributed by atoms with Gasteiger partial charge >= 0.3 is 0 Å². The monoisotopic (exact) mass is 575 g/mol. The Kier molecular flexibility index (Phi) is 5.79. The van der Waals surface area contributed by atoms with Crippen molar-refractivity contribution in [3.63, 3.8) is 0 Å². The third-order valence-corrected chi connectivity index (χ3v) is 9.14. The fraction of sp³-hybridized carbons (Fsp3) is 0.0476. The minimum Gasteiger partial charge on any atom is -0.324 e. The second-order valence-electron chi connectivity index (χ2n) is 11.6. The van der Waals surface area contributed by atoms with Crippen LogP contribution >= 0.6 is 0 Å². The van der Waals surface area contributed by atoms with Gasteiger partial charge in [-0.3, -0.25) is 0 Å². The number of aromatic nitrogens is 3. The van der Waals surface area contributed by atoms with E-state index in [0.717, 1.165) is 56.9 Å². The molecule has 3 nitrogen and oxygen atoms in total. The van der Waals surface area contributed by atoms with Crippen LogP contribution in [-0.4, -0.2) is 14.5 Å². The molecule has 0 aliphatic heterocycles. The summed E-state index contributed by atoms with van der Waals surface area (Å²) in [6.07, 6.45) is 0. The Morgan fingerprint density at radius 3 is 1.69 bits per heavy atom. The molecule has 0 atom stereocenters. The fourth-order valence-electron chi connectivity index (χ4n) is 7.13. The highest BCUT2D eigenvalue weighted by Crippen LogP contribution is 2.43. The molecule has 0 aliphatic rings. The number of nitrogens with zero attached hydrogens (tertiary/aromatic N) is 3. The smallest absolute Gasteiger partial charge is 0.141 e. The molecule has 9 aromatic rings. The second kappa shape index (κ2) is 10.1. The number of imidazole rings is 1. The Balaban J connectivity index is 1.28. The molecule has 0 saturated carbocycles. The van der Waals surface area contributed by atoms with Crippen molar-refractivity contribution in [2.45, 2.75) is 13.5 Å². The average molecular weight is 576 g/mol. The molecule has 212 valence electrons. The number of pyridine rings is 1. The molecule has 0 amide bonds. The van der Waals surface area contributed by atoms with Crippen LogP contribution in [0.4, 0.5) is 0 Å². The SMILES string of the molecule is CCn1c(-c2cccc(-c3cccc(-c4nc5ccccc5c5c6ccccc6c6ccccc6c45)c3)c2)nc2ccccc21. The van der Waals surface area contributed by atoms with Crippen LogP contribution in [0, 0.1) is 0 Å². The van der Waals surface area contributed by atoms with Crippen LogP contribution in [0.1, 0.15) is 6.92 Å². The van der Waals surface area contributed by atoms with Crippen molar-refractivity contribution in [3.8, 4) is 33.8 Å². The lowest BCUT2D eigenvalue weighted by Gasteiger charge is -2.16. The van der Waals surface area contributed by atoms with Gasteiger partial charge in [0, 0.05) is 33.8 Å². The summed E-state index contributed by atoms with van der Waals surface area (Å²) in [6, 6.07) is 52.1. The van der Waals surface area contributed by atoms with Crippen molar-refractivity contribution >= 4 is 54.3 Å². The highest BCUT2D eigenvalue weighted by molar-refractivity contribution is 6.33. The molecular weight excluding hydrogens is 546 g/mol. The Labute approximate surface area is 261 Å². The lowest BCUT2D eigenvalue weighted by Crippen LogP contribution is -1.97. The summed E-state index contributed by atoms with van der Waals surface area (Å²) in [5.74, 6) is 0.997. The maximum Gasteiger partial charge on any atom is 0.141 e. The van der Waals surface area contributed by atoms with Gasteiger partial charge in [-0.15, -0.1) is 0 Å². The van der Waals surface area contributed by atoms with E-state index in [1.54, 1.807) is 0 Å². The van der Waals surface area contributed by atoms with E-state index in [-0.39, 0.29) is 0 Å². The van der Waals surface area contributed by atoms with E-state index >= 15 is 0 Å². The van der Waals surface area contributed by atoms with Gasteiger partial charge in [-0.05, 0) is 69.9 Å². The third-order valence-electron chi connectivity index (χ3n) is 9.14. The number of aryl methyl sites for hydroxylation is 1. The quantitative estimate of drug-likeness (QED) is 0.195. The number of benzene rings is 7. The Morgan fingerprint density at radius 1 is 0.444 bits per heavy atom. The summed E-state index contributed by atoms with van der Waals surface area (Å²) in [6.45, 7) is 3.04. The highest BCUT2D eigenvalue weighted by atomic mass is 15.1. The van der Waals surface area contributed by atoms with Gasteiger partial charge in [0.2, 0.25) is 0 Å². The molecule has 0 aliphatic carbocycles. The van der Waals surface area contributed by atoms with E-state index in [0.29, 0.717) is 0 Å². The molecule has 9 rings (SSSR count). The van der Waals surface area contributed by atoms with Crippen LogP contribution in [0.25, 0.3) is 88.0 Å². The van der Waals surface area contributed by atoms with E-state index in [1.807, 2.05) is 0 Å². The van der Waals surface area contributed by atoms with Gasteiger partial charge in [0.15, 0.2) is 0 Å². The van der Waals surface area contributed by atoms with Gasteiger partial charge in [-0.2, -0.15) is 0 Å². The fourth-order valence-corrected chi connectivity index (χ4v) is 7.13. The van der Waals surface area contributed by atoms with Gasteiger partial charge in [0.25, 0.3) is 0 Å². The molecule has 0 saturated heterocycles. The van der Waals surface area contributed by atoms with E-state index in [9.17, 15) is 0 Å². The molecule has 3 heteroatoms. The van der Waals surface area contributed by atoms with Gasteiger partial charge in [-0.1, -0.05) is 115 Å². The maximum atomic E-state index is 5.36. The molecule has 2 aromatic heterocycles. The highest BCUT2D eigenvalue weighted by Gasteiger charge is 2.18. The molecule has 45 heavy (non-hydrogen) atoms. The van der Waals surface area contributed by atoms with E-state index < -0.39 is 0 Å². The first kappa shape index (κ1) is 25.7. The van der Waals surface area contributed by atoms with Crippen molar-refractivity contribution in [1.82, 2.24) is 14.5 Å². The molecular formula is C42H29N3. The summed E-state index contributed by atoms with van der Waals surface area (Å²) in [5, 5.41) is 8.65. The Bertz CT molecular complexity index is 2590. The number of hydrogen-bond donors (Lipinski definition) is 0. The zero-order chi connectivity index (χ0) is 29.9. The minimum atomic E-state index is 0.860. The van der Waals surface area contributed by atoms with Gasteiger partial charge in [0.1, 0.15) is 5.82 Å². The van der Waals surface area contributed by atoms with Crippen LogP contribution in [0.15, 0.2) is 146 Å². The van der Waals surface area contributed by atoms with Crippen molar-refractivity contribution in [3.05, 3.63) is 146 Å². The van der Waals surface area contributed by atoms with Crippen LogP contribution < -0.4 is 0 Å². The van der Waals surface area contributed by atoms with Crippen LogP contribution in [0.5, 0.6) is 0 Å². The Morgan fingerprint density at radius 2 is 0.978 bits per heavy atom. The van der Waals surface area contributed by atoms with Crippen LogP contribution in [0.2, 0.25) is 0 Å². The summed E-state index contributed by atoms with van der Waals surface area (Å²) in [7, 11) is 0. The third kappa shape index (κ3) is 3.98. The molecule has 0 bridgehead atoms. The number of fused-ring (bicyclic) bond motifs is 9. The summed E-state index contributed by atoms with van der Waals surface area (Å²) in [5.41, 5.74) is 8.73. The van der Waals surface area contributed by atoms with Crippen molar-refractivity contribution in [1.29, 1.82) is 0 Å².